The molecule has 0 unspecified atom stereocenters. The highest BCUT2D eigenvalue weighted by molar-refractivity contribution is 5.85. The van der Waals surface area contributed by atoms with Crippen molar-refractivity contribution in [3.05, 3.63) is 28.8 Å². The van der Waals surface area contributed by atoms with E-state index in [1.54, 1.807) is 19.1 Å². The van der Waals surface area contributed by atoms with E-state index in [-0.39, 0.29) is 12.8 Å². The molecule has 1 aromatic carbocycles. The van der Waals surface area contributed by atoms with Gasteiger partial charge in [-0.3, -0.25) is 0 Å². The number of nitrogen functional groups attached to an aromatic ring is 1. The van der Waals surface area contributed by atoms with Crippen molar-refractivity contribution in [2.24, 2.45) is 0 Å². The number of benzene rings is 1. The average molecular weight is 281 g/mol. The van der Waals surface area contributed by atoms with E-state index in [1.807, 2.05) is 5.32 Å². The topological polar surface area (TPSA) is 143 Å². The highest BCUT2D eigenvalue weighted by Crippen LogP contribution is 2.38. The molecule has 0 bridgehead atoms. The van der Waals surface area contributed by atoms with Gasteiger partial charge >= 0.3 is 0 Å². The molecule has 110 valence electrons. The maximum Gasteiger partial charge on any atom is 0.227 e. The van der Waals surface area contributed by atoms with Crippen LogP contribution >= 0.6 is 0 Å². The predicted molar refractivity (Wildman–Crippen MR) is 72.9 cm³/mol. The maximum absolute atomic E-state index is 9.66. The number of anilines is 1. The minimum atomic E-state index is -2.37. The van der Waals surface area contributed by atoms with Crippen molar-refractivity contribution in [1.82, 2.24) is 5.32 Å². The Hall–Kier alpha value is -1.51. The summed E-state index contributed by atoms with van der Waals surface area (Å²) in [5.41, 5.74) is 8.29. The first kappa shape index (κ1) is 14.9. The average Bonchev–Trinajstić information content (AvgIpc) is 2.27. The lowest BCUT2D eigenvalue weighted by molar-refractivity contribution is -0.313. The molecular weight excluding hydrogens is 262 g/mol. The molecule has 20 heavy (non-hydrogen) atoms. The van der Waals surface area contributed by atoms with E-state index in [0.717, 1.165) is 11.8 Å². The minimum Gasteiger partial charge on any atom is -0.398 e. The summed E-state index contributed by atoms with van der Waals surface area (Å²) < 4.78 is 0. The van der Waals surface area contributed by atoms with Crippen LogP contribution in [0.3, 0.4) is 0 Å². The zero-order valence-corrected chi connectivity index (χ0v) is 11.1. The number of aliphatic hydroxyl groups is 4. The second kappa shape index (κ2) is 4.80. The summed E-state index contributed by atoms with van der Waals surface area (Å²) in [5, 5.41) is 47.8. The van der Waals surface area contributed by atoms with Gasteiger partial charge in [0, 0.05) is 30.3 Å². The zero-order valence-electron chi connectivity index (χ0n) is 11.1. The Morgan fingerprint density at radius 1 is 1.25 bits per heavy atom. The number of nitrogens with one attached hydrogen (secondary N) is 2. The van der Waals surface area contributed by atoms with Crippen LogP contribution in [0.4, 0.5) is 5.69 Å². The van der Waals surface area contributed by atoms with Gasteiger partial charge in [-0.05, 0) is 36.1 Å². The molecule has 1 fully saturated rings. The summed E-state index contributed by atoms with van der Waals surface area (Å²) in [6.45, 7) is 1.80. The summed E-state index contributed by atoms with van der Waals surface area (Å²) in [7, 11) is 0. The third kappa shape index (κ3) is 2.97. The molecule has 0 saturated carbocycles. The number of piperidine rings is 1. The van der Waals surface area contributed by atoms with Crippen molar-refractivity contribution in [2.75, 3.05) is 5.73 Å². The second-order valence-corrected chi connectivity index (χ2v) is 5.35. The molecule has 8 N–H and O–H groups in total. The Balaban J connectivity index is 2.41. The predicted octanol–water partition coefficient (Wildman–Crippen LogP) is -0.681. The van der Waals surface area contributed by atoms with Gasteiger partial charge in [-0.25, -0.2) is 5.32 Å². The van der Waals surface area contributed by atoms with Gasteiger partial charge in [0.25, 0.3) is 0 Å². The highest BCUT2D eigenvalue weighted by atomic mass is 16.6. The van der Waals surface area contributed by atoms with Gasteiger partial charge < -0.3 is 31.6 Å². The first-order valence-corrected chi connectivity index (χ1v) is 6.23. The molecule has 1 aromatic rings. The van der Waals surface area contributed by atoms with Crippen LogP contribution in [-0.4, -0.2) is 38.5 Å². The number of hydrogen-bond acceptors (Lipinski definition) is 7. The number of hydrogen-bond donors (Lipinski definition) is 7. The van der Waals surface area contributed by atoms with E-state index in [9.17, 15) is 20.4 Å². The molecule has 0 aliphatic carbocycles. The molecule has 1 aliphatic heterocycles. The zero-order chi connectivity index (χ0) is 15.1. The van der Waals surface area contributed by atoms with Crippen molar-refractivity contribution >= 4 is 11.9 Å². The first-order valence-electron chi connectivity index (χ1n) is 6.23. The van der Waals surface area contributed by atoms with Crippen LogP contribution in [0.1, 0.15) is 35.4 Å². The highest BCUT2D eigenvalue weighted by Gasteiger charge is 2.45. The minimum absolute atomic E-state index is 0.0971. The largest absolute Gasteiger partial charge is 0.398 e. The molecule has 0 atom stereocenters. The normalized spacial score (nSPS) is 21.6. The Morgan fingerprint density at radius 2 is 1.80 bits per heavy atom. The van der Waals surface area contributed by atoms with E-state index in [2.05, 4.69) is 0 Å². The summed E-state index contributed by atoms with van der Waals surface area (Å²) in [6.07, 6.45) is 0.944. The van der Waals surface area contributed by atoms with Crippen molar-refractivity contribution in [3.63, 3.8) is 0 Å². The first-order chi connectivity index (χ1) is 9.13. The SMILES string of the molecule is Cc1cc(C=N)c(N)cc1C1CC(O)(O)NC(O)(O)C1. The number of aryl methyl sites for hydroxylation is 1. The number of rotatable bonds is 2. The van der Waals surface area contributed by atoms with Crippen LogP contribution in [0.2, 0.25) is 0 Å². The molecule has 0 amide bonds. The van der Waals surface area contributed by atoms with Crippen LogP contribution in [0.5, 0.6) is 0 Å². The molecule has 0 aromatic heterocycles. The molecule has 1 heterocycles. The van der Waals surface area contributed by atoms with Gasteiger partial charge in [-0.15, -0.1) is 0 Å². The molecule has 7 nitrogen and oxygen atoms in total. The van der Waals surface area contributed by atoms with Crippen LogP contribution in [-0.2, 0) is 0 Å². The quantitative estimate of drug-likeness (QED) is 0.217. The third-order valence-electron chi connectivity index (χ3n) is 3.53. The molecule has 0 radical (unpaired) electrons. The number of nitrogens with two attached hydrogens (primary N) is 1. The van der Waals surface area contributed by atoms with Crippen molar-refractivity contribution in [3.8, 4) is 0 Å². The van der Waals surface area contributed by atoms with Gasteiger partial charge in [-0.2, -0.15) is 0 Å². The Labute approximate surface area is 116 Å². The summed E-state index contributed by atoms with van der Waals surface area (Å²) in [6, 6.07) is 3.35. The van der Waals surface area contributed by atoms with Crippen LogP contribution < -0.4 is 11.1 Å². The lowest BCUT2D eigenvalue weighted by Crippen LogP contribution is -2.63. The second-order valence-electron chi connectivity index (χ2n) is 5.35. The molecule has 7 heteroatoms. The van der Waals surface area contributed by atoms with Crippen LogP contribution in [0.25, 0.3) is 0 Å². The molecule has 2 rings (SSSR count). The van der Waals surface area contributed by atoms with Gasteiger partial charge in [0.05, 0.1) is 0 Å². The summed E-state index contributed by atoms with van der Waals surface area (Å²) in [5.74, 6) is -5.22. The Kier molecular flexibility index (Phi) is 3.57. The Bertz CT molecular complexity index is 527. The lowest BCUT2D eigenvalue weighted by Gasteiger charge is -2.41. The fraction of sp³-hybridized carbons (Fsp3) is 0.462. The Morgan fingerprint density at radius 3 is 2.30 bits per heavy atom. The monoisotopic (exact) mass is 281 g/mol. The van der Waals surface area contributed by atoms with Crippen molar-refractivity contribution in [1.29, 1.82) is 5.41 Å². The van der Waals surface area contributed by atoms with Gasteiger partial charge in [0.15, 0.2) is 0 Å². The van der Waals surface area contributed by atoms with Gasteiger partial charge in [0.2, 0.25) is 11.8 Å². The molecule has 0 spiro atoms. The fourth-order valence-electron chi connectivity index (χ4n) is 2.73. The molecule has 1 saturated heterocycles. The standard InChI is InChI=1S/C13H19N3O4/c1-7-2-8(6-14)11(15)3-10(7)9-4-12(17,18)16-13(19,20)5-9/h2-3,6,9,14,16-20H,4-5,15H2,1H3. The van der Waals surface area contributed by atoms with Gasteiger partial charge in [-0.1, -0.05) is 0 Å². The maximum atomic E-state index is 9.66. The van der Waals surface area contributed by atoms with E-state index in [4.69, 9.17) is 11.1 Å². The van der Waals surface area contributed by atoms with E-state index < -0.39 is 17.7 Å². The van der Waals surface area contributed by atoms with Crippen molar-refractivity contribution < 1.29 is 20.4 Å². The third-order valence-corrected chi connectivity index (χ3v) is 3.53. The summed E-state index contributed by atoms with van der Waals surface area (Å²) >= 11 is 0. The lowest BCUT2D eigenvalue weighted by atomic mass is 9.83. The van der Waals surface area contributed by atoms with E-state index in [0.29, 0.717) is 16.8 Å². The van der Waals surface area contributed by atoms with Crippen LogP contribution in [0, 0.1) is 12.3 Å². The van der Waals surface area contributed by atoms with Crippen LogP contribution in [0.15, 0.2) is 12.1 Å². The van der Waals surface area contributed by atoms with E-state index in [1.165, 1.54) is 0 Å². The van der Waals surface area contributed by atoms with Crippen molar-refractivity contribution in [2.45, 2.75) is 37.5 Å². The summed E-state index contributed by atoms with van der Waals surface area (Å²) in [4.78, 5) is 0. The molecule has 1 aliphatic rings. The fourth-order valence-corrected chi connectivity index (χ4v) is 2.73. The molecular formula is C13H19N3O4. The van der Waals surface area contributed by atoms with E-state index >= 15 is 0 Å². The smallest absolute Gasteiger partial charge is 0.227 e. The van der Waals surface area contributed by atoms with Gasteiger partial charge in [0.1, 0.15) is 0 Å².